The highest BCUT2D eigenvalue weighted by molar-refractivity contribution is 5.89. The zero-order valence-electron chi connectivity index (χ0n) is 38.0. The second-order valence-corrected chi connectivity index (χ2v) is 15.1. The summed E-state index contributed by atoms with van der Waals surface area (Å²) < 4.78 is 38.8. The van der Waals surface area contributed by atoms with Crippen molar-refractivity contribution in [1.82, 2.24) is 15.3 Å². The van der Waals surface area contributed by atoms with Gasteiger partial charge in [0.1, 0.15) is 41.7 Å². The fraction of sp³-hybridized carbons (Fsp3) is 0.417. The van der Waals surface area contributed by atoms with Gasteiger partial charge in [-0.25, -0.2) is 19.6 Å². The Morgan fingerprint density at radius 1 is 0.769 bits per heavy atom. The summed E-state index contributed by atoms with van der Waals surface area (Å²) in [6.45, 7) is 9.96. The van der Waals surface area contributed by atoms with E-state index in [2.05, 4.69) is 15.3 Å². The van der Waals surface area contributed by atoms with Crippen LogP contribution in [0.25, 0.3) is 12.2 Å². The minimum absolute atomic E-state index is 0.0285. The van der Waals surface area contributed by atoms with Crippen molar-refractivity contribution in [2.24, 2.45) is 10.8 Å². The summed E-state index contributed by atoms with van der Waals surface area (Å²) in [6.07, 6.45) is 22.1. The van der Waals surface area contributed by atoms with Crippen molar-refractivity contribution in [3.05, 3.63) is 121 Å². The summed E-state index contributed by atoms with van der Waals surface area (Å²) >= 11 is 0. The zero-order chi connectivity index (χ0) is 48.0. The van der Waals surface area contributed by atoms with Crippen molar-refractivity contribution in [2.75, 3.05) is 14.2 Å². The van der Waals surface area contributed by atoms with Gasteiger partial charge in [0.25, 0.3) is 0 Å². The van der Waals surface area contributed by atoms with Gasteiger partial charge in [-0.05, 0) is 47.1 Å². The molecule has 0 fully saturated rings. The summed E-state index contributed by atoms with van der Waals surface area (Å²) in [5, 5.41) is 13.9. The summed E-state index contributed by atoms with van der Waals surface area (Å²) in [5.41, 5.74) is -3.98. The number of rotatable bonds is 14. The summed E-state index contributed by atoms with van der Waals surface area (Å²) in [7, 11) is 2.32. The lowest BCUT2D eigenvalue weighted by Crippen LogP contribution is -2.52. The maximum absolute atomic E-state index is 13.8. The van der Waals surface area contributed by atoms with Crippen molar-refractivity contribution in [3.8, 4) is 0 Å². The molecule has 17 heteroatoms. The smallest absolute Gasteiger partial charge is 0.360 e. The molecule has 3 rings (SSSR count). The van der Waals surface area contributed by atoms with Crippen LogP contribution in [0.15, 0.2) is 106 Å². The van der Waals surface area contributed by atoms with E-state index in [1.807, 2.05) is 13.8 Å². The third kappa shape index (κ3) is 14.8. The third-order valence-corrected chi connectivity index (χ3v) is 10.4. The van der Waals surface area contributed by atoms with E-state index in [1.54, 1.807) is 86.8 Å². The highest BCUT2D eigenvalue weighted by Crippen LogP contribution is 2.37. The van der Waals surface area contributed by atoms with Gasteiger partial charge in [0.15, 0.2) is 11.4 Å². The van der Waals surface area contributed by atoms with E-state index in [9.17, 15) is 33.9 Å². The van der Waals surface area contributed by atoms with E-state index in [4.69, 9.17) is 32.5 Å². The Bertz CT molecular complexity index is 2190. The number of methoxy groups -OCH3 is 2. The van der Waals surface area contributed by atoms with Crippen molar-refractivity contribution < 1.29 is 66.4 Å². The quantitative estimate of drug-likeness (QED) is 0.111. The molecule has 0 spiro atoms. The van der Waals surface area contributed by atoms with Gasteiger partial charge >= 0.3 is 29.8 Å². The van der Waals surface area contributed by atoms with E-state index in [-0.39, 0.29) is 60.8 Å². The van der Waals surface area contributed by atoms with Gasteiger partial charge in [-0.1, -0.05) is 85.9 Å². The molecule has 0 radical (unpaired) electrons. The highest BCUT2D eigenvalue weighted by Gasteiger charge is 2.52. The molecule has 6 unspecified atom stereocenters. The second kappa shape index (κ2) is 26.0. The largest absolute Gasteiger partial charge is 0.468 e. The van der Waals surface area contributed by atoms with Crippen LogP contribution in [0.1, 0.15) is 106 Å². The summed E-state index contributed by atoms with van der Waals surface area (Å²) in [4.78, 5) is 88.0. The number of allylic oxidation sites excluding steroid dienone is 10. The first-order valence-corrected chi connectivity index (χ1v) is 21.0. The lowest BCUT2D eigenvalue weighted by atomic mass is 9.76. The lowest BCUT2D eigenvalue weighted by Gasteiger charge is -2.38. The van der Waals surface area contributed by atoms with Crippen LogP contribution in [-0.4, -0.2) is 95.5 Å². The number of aromatic nitrogens is 2. The number of aliphatic hydroxyl groups excluding tert-OH is 1. The Hall–Kier alpha value is -6.88. The Kier molecular flexibility index (Phi) is 21.0. The molecule has 1 aliphatic rings. The summed E-state index contributed by atoms with van der Waals surface area (Å²) in [5.74, 6) is -4.56. The first-order valence-electron chi connectivity index (χ1n) is 21.0. The van der Waals surface area contributed by atoms with Gasteiger partial charge in [0.05, 0.1) is 26.7 Å². The third-order valence-electron chi connectivity index (χ3n) is 10.4. The van der Waals surface area contributed by atoms with Gasteiger partial charge in [0.2, 0.25) is 17.7 Å². The molecule has 2 aromatic rings. The number of nitrogens with one attached hydrogen (secondary N) is 1. The number of nitrogens with zero attached hydrogens (tertiary/aromatic N) is 2. The molecule has 7 atom stereocenters. The maximum atomic E-state index is 13.8. The Balaban J connectivity index is 2.03. The molecular weight excluding hydrogens is 843 g/mol. The van der Waals surface area contributed by atoms with Gasteiger partial charge in [-0.2, -0.15) is 0 Å². The SMILES string of the molecule is C/C=C/C(O)C(C)(C(=O)OC)C1C\C=C/C=C/C=C/c2nc(co2)C(=O)OC(C(C)(C(=O)OC)C(/C=C/C)OC(=O)CCC(=O)N[C@@H](C)CC)C\C=C/C=C/C=C/c2nc(co2)C(=O)O1. The number of oxazole rings is 2. The minimum atomic E-state index is -1.83. The maximum Gasteiger partial charge on any atom is 0.360 e. The number of hydrogen-bond acceptors (Lipinski definition) is 16. The standard InChI is InChI=1S/C48H59N3O14/c1-9-22-35(52)47(5,45(57)59-7)37-24-18-14-12-16-20-27-41-51-34(31-62-41)44(56)65-38(25-19-15-13-17-21-26-40-50-33(30-61-40)43(55)64-37)48(6,46(58)60-8)36(23-10-2)63-42(54)29-28-39(53)49-32(4)11-3/h9-10,12-23,26-27,30-32,35-38,52H,11,24-25,28-29H2,1-8H3,(H,49,53)/b16-12+,17-13+,18-14-,19-15-,22-9+,23-10+,26-21+,27-20+/t32-,35?,36?,37?,38?,47?,48?/m0/s1. The molecule has 350 valence electrons. The fourth-order valence-corrected chi connectivity index (χ4v) is 6.32. The molecule has 0 aromatic carbocycles. The fourth-order valence-electron chi connectivity index (χ4n) is 6.32. The first kappa shape index (κ1) is 52.5. The number of cyclic esters (lactones) is 2. The van der Waals surface area contributed by atoms with Gasteiger partial charge in [-0.3, -0.25) is 19.2 Å². The predicted molar refractivity (Wildman–Crippen MR) is 238 cm³/mol. The Labute approximate surface area is 378 Å². The number of esters is 5. The van der Waals surface area contributed by atoms with Crippen LogP contribution in [0.4, 0.5) is 0 Å². The molecule has 2 N–H and O–H groups in total. The monoisotopic (exact) mass is 901 g/mol. The number of amides is 1. The van der Waals surface area contributed by atoms with Crippen molar-refractivity contribution in [1.29, 1.82) is 0 Å². The number of ether oxygens (including phenoxy) is 5. The van der Waals surface area contributed by atoms with Crippen molar-refractivity contribution >= 4 is 47.9 Å². The van der Waals surface area contributed by atoms with Crippen LogP contribution >= 0.6 is 0 Å². The van der Waals surface area contributed by atoms with Gasteiger partial charge in [0, 0.05) is 37.5 Å². The number of carbonyl (C=O) groups is 6. The molecule has 0 aliphatic carbocycles. The van der Waals surface area contributed by atoms with E-state index >= 15 is 0 Å². The van der Waals surface area contributed by atoms with Crippen LogP contribution in [0.5, 0.6) is 0 Å². The first-order chi connectivity index (χ1) is 31.1. The number of hydrogen-bond donors (Lipinski definition) is 2. The average molecular weight is 902 g/mol. The van der Waals surface area contributed by atoms with E-state index in [1.165, 1.54) is 45.3 Å². The molecule has 3 heterocycles. The van der Waals surface area contributed by atoms with Crippen molar-refractivity contribution in [2.45, 2.75) is 104 Å². The van der Waals surface area contributed by atoms with Gasteiger partial charge < -0.3 is 42.9 Å². The molecule has 4 bridgehead atoms. The molecule has 65 heavy (non-hydrogen) atoms. The number of aliphatic hydroxyl groups is 1. The van der Waals surface area contributed by atoms with Crippen molar-refractivity contribution in [3.63, 3.8) is 0 Å². The van der Waals surface area contributed by atoms with Crippen LogP contribution in [-0.2, 0) is 42.9 Å². The molecule has 1 aliphatic heterocycles. The topological polar surface area (TPSA) is 233 Å². The highest BCUT2D eigenvalue weighted by atomic mass is 16.6. The molecule has 0 saturated carbocycles. The predicted octanol–water partition coefficient (Wildman–Crippen LogP) is 6.94. The molecule has 17 nitrogen and oxygen atoms in total. The lowest BCUT2D eigenvalue weighted by molar-refractivity contribution is -0.176. The Morgan fingerprint density at radius 3 is 1.72 bits per heavy atom. The van der Waals surface area contributed by atoms with Crippen LogP contribution in [0.2, 0.25) is 0 Å². The van der Waals surface area contributed by atoms with Crippen LogP contribution < -0.4 is 5.32 Å². The van der Waals surface area contributed by atoms with Gasteiger partial charge in [-0.15, -0.1) is 0 Å². The molecule has 0 saturated heterocycles. The summed E-state index contributed by atoms with van der Waals surface area (Å²) in [6, 6.07) is -0.0839. The van der Waals surface area contributed by atoms with E-state index < -0.39 is 65.1 Å². The number of carbonyl (C=O) groups excluding carboxylic acids is 6. The van der Waals surface area contributed by atoms with E-state index in [0.717, 1.165) is 19.6 Å². The van der Waals surface area contributed by atoms with E-state index in [0.29, 0.717) is 6.42 Å². The molecular formula is C48H59N3O14. The Morgan fingerprint density at radius 2 is 1.25 bits per heavy atom. The van der Waals surface area contributed by atoms with Crippen LogP contribution in [0.3, 0.4) is 0 Å². The molecule has 1 amide bonds. The number of fused-ring (bicyclic) bond motifs is 4. The minimum Gasteiger partial charge on any atom is -0.468 e. The zero-order valence-corrected chi connectivity index (χ0v) is 38.0. The average Bonchev–Trinajstić information content (AvgIpc) is 3.98. The normalized spacial score (nSPS) is 22.6. The second-order valence-electron chi connectivity index (χ2n) is 15.1. The molecule has 2 aromatic heterocycles. The van der Waals surface area contributed by atoms with Crippen LogP contribution in [0, 0.1) is 10.8 Å².